The van der Waals surface area contributed by atoms with Crippen LogP contribution in [0.4, 0.5) is 8.78 Å². The normalized spacial score (nSPS) is 15.4. The topological polar surface area (TPSA) is 35.5 Å². The first-order chi connectivity index (χ1) is 10.6. The number of methoxy groups -OCH3 is 1. The zero-order valence-electron chi connectivity index (χ0n) is 11.7. The van der Waals surface area contributed by atoms with Crippen LogP contribution >= 0.6 is 0 Å². The van der Waals surface area contributed by atoms with Gasteiger partial charge in [0.1, 0.15) is 18.1 Å². The summed E-state index contributed by atoms with van der Waals surface area (Å²) in [5.41, 5.74) is 1.16. The van der Waals surface area contributed by atoms with Gasteiger partial charge in [0.25, 0.3) is 0 Å². The van der Waals surface area contributed by atoms with Crippen molar-refractivity contribution < 1.29 is 23.0 Å². The van der Waals surface area contributed by atoms with Gasteiger partial charge >= 0.3 is 0 Å². The lowest BCUT2D eigenvalue weighted by molar-refractivity contribution is 0.100. The molecule has 0 radical (unpaired) electrons. The third-order valence-electron chi connectivity index (χ3n) is 3.39. The molecule has 0 aliphatic carbocycles. The number of carbonyl (C=O) groups is 1. The van der Waals surface area contributed by atoms with Gasteiger partial charge in [0.2, 0.25) is 0 Å². The van der Waals surface area contributed by atoms with E-state index in [1.54, 1.807) is 18.2 Å². The number of ketones is 1. The van der Waals surface area contributed by atoms with Crippen LogP contribution in [0.15, 0.2) is 42.0 Å². The summed E-state index contributed by atoms with van der Waals surface area (Å²) in [4.78, 5) is 12.5. The van der Waals surface area contributed by atoms with Crippen molar-refractivity contribution in [3.63, 3.8) is 0 Å². The second kappa shape index (κ2) is 5.60. The Kier molecular flexibility index (Phi) is 3.63. The quantitative estimate of drug-likeness (QED) is 0.795. The molecule has 3 rings (SSSR count). The summed E-state index contributed by atoms with van der Waals surface area (Å²) >= 11 is 0. The Morgan fingerprint density at radius 1 is 1.14 bits per heavy atom. The molecule has 3 nitrogen and oxygen atoms in total. The van der Waals surface area contributed by atoms with Gasteiger partial charge in [0, 0.05) is 5.57 Å². The molecular weight excluding hydrogens is 290 g/mol. The van der Waals surface area contributed by atoms with E-state index in [-0.39, 0.29) is 12.4 Å². The second-order valence-corrected chi connectivity index (χ2v) is 4.82. The van der Waals surface area contributed by atoms with Crippen molar-refractivity contribution in [2.75, 3.05) is 13.7 Å². The van der Waals surface area contributed by atoms with Crippen LogP contribution < -0.4 is 9.47 Å². The van der Waals surface area contributed by atoms with Gasteiger partial charge in [-0.05, 0) is 42.0 Å². The fourth-order valence-electron chi connectivity index (χ4n) is 2.24. The lowest BCUT2D eigenvalue weighted by Crippen LogP contribution is -2.19. The molecule has 112 valence electrons. The molecule has 2 aromatic carbocycles. The Morgan fingerprint density at radius 3 is 2.68 bits per heavy atom. The Labute approximate surface area is 125 Å². The van der Waals surface area contributed by atoms with E-state index >= 15 is 0 Å². The highest BCUT2D eigenvalue weighted by Crippen LogP contribution is 2.31. The number of rotatable bonds is 2. The van der Waals surface area contributed by atoms with Gasteiger partial charge in [-0.15, -0.1) is 0 Å². The molecule has 0 unspecified atom stereocenters. The molecule has 0 saturated carbocycles. The highest BCUT2D eigenvalue weighted by molar-refractivity contribution is 6.14. The van der Waals surface area contributed by atoms with E-state index < -0.39 is 11.6 Å². The monoisotopic (exact) mass is 302 g/mol. The van der Waals surface area contributed by atoms with E-state index in [1.165, 1.54) is 19.3 Å². The van der Waals surface area contributed by atoms with Gasteiger partial charge in [-0.1, -0.05) is 6.07 Å². The summed E-state index contributed by atoms with van der Waals surface area (Å²) in [6, 6.07) is 8.43. The zero-order valence-corrected chi connectivity index (χ0v) is 11.7. The van der Waals surface area contributed by atoms with Crippen LogP contribution in [0.2, 0.25) is 0 Å². The Bertz CT molecular complexity index is 781. The number of benzene rings is 2. The minimum absolute atomic E-state index is 0.0805. The Morgan fingerprint density at radius 2 is 1.95 bits per heavy atom. The van der Waals surface area contributed by atoms with Gasteiger partial charge < -0.3 is 9.47 Å². The predicted octanol–water partition coefficient (Wildman–Crippen LogP) is 3.63. The molecule has 0 amide bonds. The van der Waals surface area contributed by atoms with E-state index in [2.05, 4.69) is 0 Å². The van der Waals surface area contributed by atoms with E-state index in [0.717, 1.165) is 12.1 Å². The molecule has 0 saturated heterocycles. The largest absolute Gasteiger partial charge is 0.497 e. The summed E-state index contributed by atoms with van der Waals surface area (Å²) in [6.45, 7) is 0.0805. The molecule has 1 aliphatic rings. The number of ether oxygens (including phenoxy) is 2. The van der Waals surface area contributed by atoms with Crippen molar-refractivity contribution in [1.29, 1.82) is 0 Å². The first-order valence-corrected chi connectivity index (χ1v) is 6.59. The first kappa shape index (κ1) is 14.3. The fourth-order valence-corrected chi connectivity index (χ4v) is 2.24. The lowest BCUT2D eigenvalue weighted by Gasteiger charge is -2.19. The lowest BCUT2D eigenvalue weighted by atomic mass is 9.98. The minimum Gasteiger partial charge on any atom is -0.497 e. The van der Waals surface area contributed by atoms with Crippen LogP contribution in [-0.2, 0) is 0 Å². The number of Topliss-reactive ketones (excluding diaryl/α,β-unsaturated/α-hetero) is 1. The third-order valence-corrected chi connectivity index (χ3v) is 3.39. The van der Waals surface area contributed by atoms with Gasteiger partial charge in [-0.2, -0.15) is 0 Å². The maximum atomic E-state index is 13.2. The van der Waals surface area contributed by atoms with Crippen LogP contribution in [0.1, 0.15) is 15.9 Å². The highest BCUT2D eigenvalue weighted by Gasteiger charge is 2.24. The second-order valence-electron chi connectivity index (χ2n) is 4.82. The van der Waals surface area contributed by atoms with Crippen molar-refractivity contribution in [3.8, 4) is 11.5 Å². The maximum Gasteiger partial charge on any atom is 0.196 e. The summed E-state index contributed by atoms with van der Waals surface area (Å²) in [5, 5.41) is 0. The smallest absolute Gasteiger partial charge is 0.196 e. The summed E-state index contributed by atoms with van der Waals surface area (Å²) in [6.07, 6.45) is 1.49. The average molecular weight is 302 g/mol. The molecule has 1 heterocycles. The fraction of sp³-hybridized carbons (Fsp3) is 0.118. The molecule has 0 aromatic heterocycles. The molecule has 0 spiro atoms. The van der Waals surface area contributed by atoms with Gasteiger partial charge in [0.15, 0.2) is 17.4 Å². The molecular formula is C17H12F2O3. The van der Waals surface area contributed by atoms with E-state index in [0.29, 0.717) is 28.2 Å². The summed E-state index contributed by atoms with van der Waals surface area (Å²) < 4.78 is 36.8. The van der Waals surface area contributed by atoms with Gasteiger partial charge in [-0.25, -0.2) is 8.78 Å². The van der Waals surface area contributed by atoms with Crippen LogP contribution in [0.25, 0.3) is 6.08 Å². The Balaban J connectivity index is 1.97. The predicted molar refractivity (Wildman–Crippen MR) is 77.2 cm³/mol. The van der Waals surface area contributed by atoms with E-state index in [9.17, 15) is 13.6 Å². The molecule has 22 heavy (non-hydrogen) atoms. The summed E-state index contributed by atoms with van der Waals surface area (Å²) in [7, 11) is 1.51. The molecule has 5 heteroatoms. The minimum atomic E-state index is -0.958. The van der Waals surface area contributed by atoms with Crippen molar-refractivity contribution in [2.45, 2.75) is 0 Å². The van der Waals surface area contributed by atoms with Crippen molar-refractivity contribution in [3.05, 3.63) is 64.7 Å². The Hall–Kier alpha value is -2.69. The zero-order chi connectivity index (χ0) is 15.7. The SMILES string of the molecule is COc1ccc2c(c1)C(=O)C(=Cc1ccc(F)c(F)c1)CO2. The maximum absolute atomic E-state index is 13.2. The number of carbonyl (C=O) groups excluding carboxylic acids is 1. The number of hydrogen-bond donors (Lipinski definition) is 0. The number of fused-ring (bicyclic) bond motifs is 1. The molecule has 0 bridgehead atoms. The average Bonchev–Trinajstić information content (AvgIpc) is 2.53. The van der Waals surface area contributed by atoms with E-state index in [4.69, 9.17) is 9.47 Å². The van der Waals surface area contributed by atoms with Crippen molar-refractivity contribution >= 4 is 11.9 Å². The number of hydrogen-bond acceptors (Lipinski definition) is 3. The van der Waals surface area contributed by atoms with Crippen LogP contribution in [0.5, 0.6) is 11.5 Å². The molecule has 0 atom stereocenters. The number of halogens is 2. The molecule has 1 aliphatic heterocycles. The van der Waals surface area contributed by atoms with Crippen LogP contribution in [0.3, 0.4) is 0 Å². The van der Waals surface area contributed by atoms with Crippen LogP contribution in [0, 0.1) is 11.6 Å². The third kappa shape index (κ3) is 2.57. The van der Waals surface area contributed by atoms with Crippen molar-refractivity contribution in [1.82, 2.24) is 0 Å². The molecule has 2 aromatic rings. The molecule has 0 fully saturated rings. The van der Waals surface area contributed by atoms with E-state index in [1.807, 2.05) is 0 Å². The van der Waals surface area contributed by atoms with Crippen LogP contribution in [-0.4, -0.2) is 19.5 Å². The van der Waals surface area contributed by atoms with Gasteiger partial charge in [-0.3, -0.25) is 4.79 Å². The van der Waals surface area contributed by atoms with Gasteiger partial charge in [0.05, 0.1) is 12.7 Å². The first-order valence-electron chi connectivity index (χ1n) is 6.59. The summed E-state index contributed by atoms with van der Waals surface area (Å²) in [5.74, 6) is -1.08. The molecule has 0 N–H and O–H groups in total. The highest BCUT2D eigenvalue weighted by atomic mass is 19.2. The standard InChI is InChI=1S/C17H12F2O3/c1-21-12-3-5-16-13(8-12)17(20)11(9-22-16)6-10-2-4-14(18)15(19)7-10/h2-8H,9H2,1H3. The van der Waals surface area contributed by atoms with Crippen molar-refractivity contribution in [2.24, 2.45) is 0 Å².